The highest BCUT2D eigenvalue weighted by Gasteiger charge is 2.42. The third-order valence-corrected chi connectivity index (χ3v) is 7.29. The quantitative estimate of drug-likeness (QED) is 0.244. The molecule has 0 spiro atoms. The van der Waals surface area contributed by atoms with Crippen molar-refractivity contribution in [1.29, 1.82) is 0 Å². The summed E-state index contributed by atoms with van der Waals surface area (Å²) in [6, 6.07) is 27.8. The third kappa shape index (κ3) is 7.39. The predicted octanol–water partition coefficient (Wildman–Crippen LogP) is 5.68. The molecule has 0 unspecified atom stereocenters. The molecule has 214 valence electrons. The Kier molecular flexibility index (Phi) is 9.55. The van der Waals surface area contributed by atoms with Crippen molar-refractivity contribution in [2.45, 2.75) is 65.4 Å². The Labute approximate surface area is 242 Å². The second-order valence-electron chi connectivity index (χ2n) is 11.0. The normalized spacial score (nSPS) is 12.9. The van der Waals surface area contributed by atoms with Crippen LogP contribution >= 0.6 is 0 Å². The van der Waals surface area contributed by atoms with Gasteiger partial charge in [0.25, 0.3) is 5.91 Å². The van der Waals surface area contributed by atoms with Crippen LogP contribution in [0, 0.1) is 5.92 Å². The molecule has 41 heavy (non-hydrogen) atoms. The van der Waals surface area contributed by atoms with Crippen LogP contribution in [0.1, 0.15) is 62.3 Å². The number of hydrogen-bond donors (Lipinski definition) is 1. The first-order valence-corrected chi connectivity index (χ1v) is 14.0. The van der Waals surface area contributed by atoms with Gasteiger partial charge >= 0.3 is 0 Å². The van der Waals surface area contributed by atoms with Gasteiger partial charge < -0.3 is 15.0 Å². The molecule has 8 nitrogen and oxygen atoms in total. The first-order valence-electron chi connectivity index (χ1n) is 14.0. The average molecular weight is 554 g/mol. The third-order valence-electron chi connectivity index (χ3n) is 7.29. The minimum absolute atomic E-state index is 0.104. The highest BCUT2D eigenvalue weighted by Crippen LogP contribution is 2.31. The van der Waals surface area contributed by atoms with Crippen molar-refractivity contribution in [2.24, 2.45) is 5.92 Å². The van der Waals surface area contributed by atoms with Gasteiger partial charge in [-0.15, -0.1) is 5.10 Å². The highest BCUT2D eigenvalue weighted by atomic mass is 16.5. The molecule has 0 saturated heterocycles. The molecule has 1 aromatic heterocycles. The van der Waals surface area contributed by atoms with E-state index >= 15 is 0 Å². The van der Waals surface area contributed by atoms with E-state index in [-0.39, 0.29) is 29.8 Å². The van der Waals surface area contributed by atoms with E-state index in [0.717, 1.165) is 11.3 Å². The number of carbonyl (C=O) groups is 2. The van der Waals surface area contributed by atoms with E-state index in [0.29, 0.717) is 24.4 Å². The van der Waals surface area contributed by atoms with Crippen LogP contribution in [0.2, 0.25) is 0 Å². The molecule has 3 aromatic carbocycles. The molecule has 0 radical (unpaired) electrons. The average Bonchev–Trinajstić information content (AvgIpc) is 3.44. The minimum atomic E-state index is -1.16. The van der Waals surface area contributed by atoms with Gasteiger partial charge in [-0.3, -0.25) is 14.3 Å². The lowest BCUT2D eigenvalue weighted by Gasteiger charge is -2.42. The van der Waals surface area contributed by atoms with Gasteiger partial charge in [0.2, 0.25) is 5.91 Å². The molecular formula is C33H39N5O3. The molecule has 8 heteroatoms. The molecule has 0 saturated carbocycles. The smallest absolute Gasteiger partial charge is 0.255 e. The Balaban J connectivity index is 1.51. The van der Waals surface area contributed by atoms with Gasteiger partial charge in [0.1, 0.15) is 23.6 Å². The van der Waals surface area contributed by atoms with Crippen molar-refractivity contribution < 1.29 is 14.3 Å². The monoisotopic (exact) mass is 553 g/mol. The molecule has 0 aliphatic heterocycles. The zero-order valence-corrected chi connectivity index (χ0v) is 24.4. The molecule has 2 amide bonds. The predicted molar refractivity (Wildman–Crippen MR) is 159 cm³/mol. The lowest BCUT2D eigenvalue weighted by atomic mass is 9.93. The van der Waals surface area contributed by atoms with Crippen molar-refractivity contribution in [1.82, 2.24) is 25.2 Å². The first-order chi connectivity index (χ1) is 19.7. The number of ether oxygens (including phenoxy) is 1. The van der Waals surface area contributed by atoms with E-state index in [9.17, 15) is 9.59 Å². The lowest BCUT2D eigenvalue weighted by molar-refractivity contribution is -0.132. The number of aromatic nitrogens is 3. The Morgan fingerprint density at radius 3 is 2.10 bits per heavy atom. The Morgan fingerprint density at radius 2 is 1.49 bits per heavy atom. The summed E-state index contributed by atoms with van der Waals surface area (Å²) in [5, 5.41) is 11.7. The van der Waals surface area contributed by atoms with Crippen LogP contribution < -0.4 is 10.1 Å². The number of nitrogens with one attached hydrogen (secondary N) is 1. The molecule has 4 aromatic rings. The topological polar surface area (TPSA) is 89.3 Å². The molecule has 1 heterocycles. The summed E-state index contributed by atoms with van der Waals surface area (Å²) in [5.74, 6) is 0.419. The fraction of sp³-hybridized carbons (Fsp3) is 0.333. The van der Waals surface area contributed by atoms with Crippen molar-refractivity contribution in [3.05, 3.63) is 114 Å². The van der Waals surface area contributed by atoms with Gasteiger partial charge in [-0.1, -0.05) is 85.8 Å². The second kappa shape index (κ2) is 13.3. The number of rotatable bonds is 12. The standard InChI is InChI=1S/C33H39N5O3/c1-24(2)30(22-37-21-28(35-36-37)23-41-29-19-13-8-14-20-29)34-32(40)33(4,5)38(25(3)26-15-9-6-10-16-26)31(39)27-17-11-7-12-18-27/h6-21,24-25,30H,22-23H2,1-5H3,(H,34,40)/t25-,30+/m0/s1. The number of benzene rings is 3. The van der Waals surface area contributed by atoms with Crippen LogP contribution in [0.15, 0.2) is 97.2 Å². The lowest BCUT2D eigenvalue weighted by Crippen LogP contribution is -2.60. The Hall–Kier alpha value is -4.46. The summed E-state index contributed by atoms with van der Waals surface area (Å²) in [5.41, 5.74) is 1.02. The molecule has 0 fully saturated rings. The van der Waals surface area contributed by atoms with Crippen molar-refractivity contribution in [3.63, 3.8) is 0 Å². The van der Waals surface area contributed by atoms with E-state index in [1.165, 1.54) is 0 Å². The van der Waals surface area contributed by atoms with E-state index in [4.69, 9.17) is 4.74 Å². The SMILES string of the molecule is CC(C)[C@@H](Cn1cc(COc2ccccc2)nn1)NC(=O)C(C)(C)N(C(=O)c1ccccc1)[C@@H](C)c1ccccc1. The summed E-state index contributed by atoms with van der Waals surface area (Å²) >= 11 is 0. The molecule has 0 bridgehead atoms. The van der Waals surface area contributed by atoms with Gasteiger partial charge in [0, 0.05) is 5.56 Å². The van der Waals surface area contributed by atoms with Crippen molar-refractivity contribution >= 4 is 11.8 Å². The summed E-state index contributed by atoms with van der Waals surface area (Å²) in [7, 11) is 0. The van der Waals surface area contributed by atoms with Gasteiger partial charge in [0.05, 0.1) is 24.8 Å². The molecule has 2 atom stereocenters. The van der Waals surface area contributed by atoms with E-state index < -0.39 is 5.54 Å². The van der Waals surface area contributed by atoms with Crippen LogP contribution in [-0.4, -0.2) is 43.3 Å². The fourth-order valence-electron chi connectivity index (χ4n) is 4.76. The molecule has 0 aliphatic carbocycles. The number of hydrogen-bond acceptors (Lipinski definition) is 5. The molecule has 4 rings (SSSR count). The van der Waals surface area contributed by atoms with Gasteiger partial charge in [-0.25, -0.2) is 0 Å². The zero-order chi connectivity index (χ0) is 29.4. The molecule has 1 N–H and O–H groups in total. The van der Waals surface area contributed by atoms with E-state index in [1.807, 2.05) is 106 Å². The maximum atomic E-state index is 14.0. The summed E-state index contributed by atoms with van der Waals surface area (Å²) in [6.45, 7) is 10.4. The number of nitrogens with zero attached hydrogens (tertiary/aromatic N) is 4. The maximum absolute atomic E-state index is 14.0. The largest absolute Gasteiger partial charge is 0.487 e. The number of carbonyl (C=O) groups excluding carboxylic acids is 2. The highest BCUT2D eigenvalue weighted by molar-refractivity contribution is 5.99. The zero-order valence-electron chi connectivity index (χ0n) is 24.4. The molecular weight excluding hydrogens is 514 g/mol. The second-order valence-corrected chi connectivity index (χ2v) is 11.0. The van der Waals surface area contributed by atoms with Crippen molar-refractivity contribution in [2.75, 3.05) is 0 Å². The summed E-state index contributed by atoms with van der Waals surface area (Å²) < 4.78 is 7.51. The van der Waals surface area contributed by atoms with Crippen LogP contribution in [0.4, 0.5) is 0 Å². The van der Waals surface area contributed by atoms with E-state index in [2.05, 4.69) is 15.6 Å². The molecule has 0 aliphatic rings. The fourth-order valence-corrected chi connectivity index (χ4v) is 4.76. The van der Waals surface area contributed by atoms with Crippen LogP contribution in [0.25, 0.3) is 0 Å². The maximum Gasteiger partial charge on any atom is 0.255 e. The van der Waals surface area contributed by atoms with Crippen LogP contribution in [0.3, 0.4) is 0 Å². The minimum Gasteiger partial charge on any atom is -0.487 e. The van der Waals surface area contributed by atoms with Crippen molar-refractivity contribution in [3.8, 4) is 5.75 Å². The Morgan fingerprint density at radius 1 is 0.902 bits per heavy atom. The van der Waals surface area contributed by atoms with Crippen LogP contribution in [-0.2, 0) is 17.9 Å². The Bertz CT molecular complexity index is 1400. The van der Waals surface area contributed by atoms with Gasteiger partial charge in [0.15, 0.2) is 0 Å². The first kappa shape index (κ1) is 29.5. The number of para-hydroxylation sites is 1. The van der Waals surface area contributed by atoms with Gasteiger partial charge in [-0.2, -0.15) is 0 Å². The van der Waals surface area contributed by atoms with Gasteiger partial charge in [-0.05, 0) is 56.5 Å². The van der Waals surface area contributed by atoms with E-state index in [1.54, 1.807) is 35.6 Å². The number of amides is 2. The summed E-state index contributed by atoms with van der Waals surface area (Å²) in [4.78, 5) is 29.6. The van der Waals surface area contributed by atoms with Crippen LogP contribution in [0.5, 0.6) is 5.75 Å². The summed E-state index contributed by atoms with van der Waals surface area (Å²) in [6.07, 6.45) is 1.83.